The average molecular weight is 659 g/mol. The molecular formula is C42H62N2O4. The van der Waals surface area contributed by atoms with E-state index in [1.165, 1.54) is 24.0 Å². The van der Waals surface area contributed by atoms with Crippen LogP contribution in [0, 0.1) is 50.7 Å². The van der Waals surface area contributed by atoms with E-state index in [0.29, 0.717) is 36.3 Å². The zero-order valence-corrected chi connectivity index (χ0v) is 31.2. The van der Waals surface area contributed by atoms with Gasteiger partial charge in [-0.25, -0.2) is 4.79 Å². The van der Waals surface area contributed by atoms with Gasteiger partial charge in [0.1, 0.15) is 0 Å². The number of benzene rings is 1. The molecule has 0 aromatic heterocycles. The van der Waals surface area contributed by atoms with Gasteiger partial charge in [0.15, 0.2) is 5.78 Å². The van der Waals surface area contributed by atoms with Crippen LogP contribution < -0.4 is 5.32 Å². The Morgan fingerprint density at radius 2 is 1.65 bits per heavy atom. The molecule has 6 nitrogen and oxygen atoms in total. The Hall–Kier alpha value is -2.28. The molecule has 0 amide bonds. The number of carboxylic acid groups (broad SMARTS) is 1. The lowest BCUT2D eigenvalue weighted by Gasteiger charge is -2.71. The first-order valence-corrected chi connectivity index (χ1v) is 18.8. The van der Waals surface area contributed by atoms with Gasteiger partial charge in [-0.05, 0) is 133 Å². The standard InChI is InChI=1S/C42H62N2O4/c1-26(2)35-31(45)24-42(34(46)25-43-22-23-44(8)9)21-20-40(6)30(36(35)42)14-15-33-39(5)18-16-29(27-10-12-28(13-11-27)37(47)48)38(3,4)32(39)17-19-41(33,40)7/h10-13,16,26,30,32-34,43,46H,14-15,17-25H2,1-9H3,(H,47,48)/t30-,32+,33-,34?,39+,40-,41-,42+/m1/s1. The van der Waals surface area contributed by atoms with Gasteiger partial charge < -0.3 is 20.4 Å². The van der Waals surface area contributed by atoms with Gasteiger partial charge in [0, 0.05) is 31.5 Å². The van der Waals surface area contributed by atoms with Gasteiger partial charge in [0.05, 0.1) is 11.7 Å². The van der Waals surface area contributed by atoms with Crippen LogP contribution in [-0.4, -0.2) is 66.7 Å². The summed E-state index contributed by atoms with van der Waals surface area (Å²) in [5.41, 5.74) is 5.09. The normalized spacial score (nSPS) is 37.9. The summed E-state index contributed by atoms with van der Waals surface area (Å²) in [4.78, 5) is 27.6. The highest BCUT2D eigenvalue weighted by Gasteiger charge is 2.70. The Labute approximate surface area is 289 Å². The van der Waals surface area contributed by atoms with Crippen molar-refractivity contribution in [2.75, 3.05) is 33.7 Å². The second-order valence-electron chi connectivity index (χ2n) is 18.3. The van der Waals surface area contributed by atoms with Crippen LogP contribution >= 0.6 is 0 Å². The van der Waals surface area contributed by atoms with E-state index in [1.54, 1.807) is 12.1 Å². The minimum absolute atomic E-state index is 0.0343. The molecule has 1 aromatic rings. The maximum Gasteiger partial charge on any atom is 0.335 e. The first-order chi connectivity index (χ1) is 22.4. The number of carboxylic acids is 1. The lowest BCUT2D eigenvalue weighted by molar-refractivity contribution is -0.200. The number of carbonyl (C=O) groups is 2. The van der Waals surface area contributed by atoms with Gasteiger partial charge >= 0.3 is 5.97 Å². The fourth-order valence-corrected chi connectivity index (χ4v) is 12.7. The molecule has 0 spiro atoms. The van der Waals surface area contributed by atoms with Gasteiger partial charge in [0.25, 0.3) is 0 Å². The van der Waals surface area contributed by atoms with Gasteiger partial charge in [-0.3, -0.25) is 4.79 Å². The van der Waals surface area contributed by atoms with Crippen LogP contribution in [0.5, 0.6) is 0 Å². The van der Waals surface area contributed by atoms with Crippen molar-refractivity contribution in [3.8, 4) is 0 Å². The minimum atomic E-state index is -0.883. The van der Waals surface area contributed by atoms with E-state index < -0.39 is 17.5 Å². The highest BCUT2D eigenvalue weighted by molar-refractivity contribution is 6.00. The molecule has 0 heterocycles. The van der Waals surface area contributed by atoms with Crippen LogP contribution in [0.15, 0.2) is 41.5 Å². The number of nitrogens with one attached hydrogen (secondary N) is 1. The van der Waals surface area contributed by atoms with Crippen molar-refractivity contribution < 1.29 is 19.8 Å². The second-order valence-corrected chi connectivity index (χ2v) is 18.3. The SMILES string of the molecule is CC(C)C1=C2[C@H]3CC[C@@H]4[C@@]5(C)CC=C(c6ccc(C(=O)O)cc6)C(C)(C)[C@@H]5CC[C@@]4(C)[C@]3(C)CC[C@@]2(C(O)CNCCN(C)C)CC1=O. The molecule has 48 heavy (non-hydrogen) atoms. The van der Waals surface area contributed by atoms with E-state index in [0.717, 1.165) is 56.3 Å². The Balaban J connectivity index is 1.34. The number of fused-ring (bicyclic) bond motifs is 7. The van der Waals surface area contributed by atoms with E-state index in [-0.39, 0.29) is 33.4 Å². The number of likely N-dealkylation sites (N-methyl/N-ethyl adjacent to an activating group) is 1. The zero-order chi connectivity index (χ0) is 35.0. The molecule has 8 atom stereocenters. The molecule has 0 saturated heterocycles. The maximum atomic E-state index is 13.9. The lowest BCUT2D eigenvalue weighted by atomic mass is 9.33. The molecule has 1 aromatic carbocycles. The van der Waals surface area contributed by atoms with Crippen molar-refractivity contribution in [1.82, 2.24) is 10.2 Å². The minimum Gasteiger partial charge on any atom is -0.478 e. The summed E-state index contributed by atoms with van der Waals surface area (Å²) in [6.07, 6.45) is 9.98. The number of aliphatic hydroxyl groups excluding tert-OH is 1. The number of ketones is 1. The van der Waals surface area contributed by atoms with E-state index >= 15 is 0 Å². The lowest BCUT2D eigenvalue weighted by Crippen LogP contribution is -2.64. The average Bonchev–Trinajstić information content (AvgIpc) is 3.32. The quantitative estimate of drug-likeness (QED) is 0.234. The summed E-state index contributed by atoms with van der Waals surface area (Å²) >= 11 is 0. The molecule has 5 aliphatic carbocycles. The third kappa shape index (κ3) is 5.13. The summed E-state index contributed by atoms with van der Waals surface area (Å²) in [5, 5.41) is 25.0. The van der Waals surface area contributed by atoms with Crippen molar-refractivity contribution in [2.45, 2.75) is 106 Å². The van der Waals surface area contributed by atoms with E-state index in [4.69, 9.17) is 0 Å². The Kier molecular flexibility index (Phi) is 9.03. The molecule has 6 rings (SSSR count). The number of allylic oxidation sites excluding steroid dienone is 3. The number of Topliss-reactive ketones (excluding diaryl/α,β-unsaturated/α-hetero) is 1. The fourth-order valence-electron chi connectivity index (χ4n) is 12.7. The van der Waals surface area contributed by atoms with Crippen molar-refractivity contribution in [2.24, 2.45) is 50.7 Å². The van der Waals surface area contributed by atoms with Crippen LogP contribution in [0.3, 0.4) is 0 Å². The number of carbonyl (C=O) groups excluding carboxylic acids is 1. The maximum absolute atomic E-state index is 13.9. The topological polar surface area (TPSA) is 89.9 Å². The molecule has 5 aliphatic rings. The largest absolute Gasteiger partial charge is 0.478 e. The van der Waals surface area contributed by atoms with Crippen LogP contribution in [0.4, 0.5) is 0 Å². The Bertz CT molecular complexity index is 1510. The predicted octanol–water partition coefficient (Wildman–Crippen LogP) is 7.87. The van der Waals surface area contributed by atoms with Crippen molar-refractivity contribution in [3.05, 3.63) is 52.6 Å². The van der Waals surface area contributed by atoms with Crippen molar-refractivity contribution >= 4 is 17.3 Å². The zero-order valence-electron chi connectivity index (χ0n) is 31.2. The van der Waals surface area contributed by atoms with Crippen molar-refractivity contribution in [3.63, 3.8) is 0 Å². The van der Waals surface area contributed by atoms with Crippen LogP contribution in [0.1, 0.15) is 116 Å². The monoisotopic (exact) mass is 658 g/mol. The number of hydrogen-bond donors (Lipinski definition) is 3. The number of hydrogen-bond acceptors (Lipinski definition) is 5. The van der Waals surface area contributed by atoms with Gasteiger partial charge in [0.2, 0.25) is 0 Å². The van der Waals surface area contributed by atoms with E-state index in [2.05, 4.69) is 78.9 Å². The molecule has 1 unspecified atom stereocenters. The van der Waals surface area contributed by atoms with Crippen molar-refractivity contribution in [1.29, 1.82) is 0 Å². The third-order valence-corrected chi connectivity index (χ3v) is 15.2. The third-order valence-electron chi connectivity index (χ3n) is 15.2. The molecule has 3 fully saturated rings. The summed E-state index contributed by atoms with van der Waals surface area (Å²) in [7, 11) is 4.14. The highest BCUT2D eigenvalue weighted by Crippen LogP contribution is 2.77. The van der Waals surface area contributed by atoms with Gasteiger partial charge in [-0.2, -0.15) is 0 Å². The molecule has 6 heteroatoms. The van der Waals surface area contributed by atoms with Crippen LogP contribution in [0.25, 0.3) is 5.57 Å². The first-order valence-electron chi connectivity index (χ1n) is 18.8. The molecule has 0 aliphatic heterocycles. The first kappa shape index (κ1) is 35.5. The number of nitrogens with zero attached hydrogens (tertiary/aromatic N) is 1. The Morgan fingerprint density at radius 1 is 0.958 bits per heavy atom. The summed E-state index contributed by atoms with van der Waals surface area (Å²) in [5.74, 6) is 0.981. The molecular weight excluding hydrogens is 596 g/mol. The van der Waals surface area contributed by atoms with Crippen LogP contribution in [0.2, 0.25) is 0 Å². The summed E-state index contributed by atoms with van der Waals surface area (Å²) in [6.45, 7) is 19.3. The second kappa shape index (κ2) is 12.2. The fraction of sp³-hybridized carbons (Fsp3) is 0.714. The molecule has 264 valence electrons. The Morgan fingerprint density at radius 3 is 2.27 bits per heavy atom. The summed E-state index contributed by atoms with van der Waals surface area (Å²) < 4.78 is 0. The van der Waals surface area contributed by atoms with Gasteiger partial charge in [-0.1, -0.05) is 72.2 Å². The van der Waals surface area contributed by atoms with E-state index in [9.17, 15) is 19.8 Å². The highest BCUT2D eigenvalue weighted by atomic mass is 16.4. The predicted molar refractivity (Wildman–Crippen MR) is 194 cm³/mol. The molecule has 0 bridgehead atoms. The van der Waals surface area contributed by atoms with Gasteiger partial charge in [-0.15, -0.1) is 0 Å². The molecule has 0 radical (unpaired) electrons. The summed E-state index contributed by atoms with van der Waals surface area (Å²) in [6, 6.07) is 7.50. The number of aliphatic hydroxyl groups is 1. The van der Waals surface area contributed by atoms with Crippen LogP contribution in [-0.2, 0) is 4.79 Å². The molecule has 3 saturated carbocycles. The number of rotatable bonds is 9. The van der Waals surface area contributed by atoms with E-state index in [1.807, 2.05) is 12.1 Å². The number of aromatic carboxylic acids is 1. The smallest absolute Gasteiger partial charge is 0.335 e. The molecule has 3 N–H and O–H groups in total.